The molecule has 0 radical (unpaired) electrons. The molecule has 0 aliphatic heterocycles. The number of nitrogens with one attached hydrogen (secondary N) is 1. The van der Waals surface area contributed by atoms with Crippen molar-refractivity contribution in [2.45, 2.75) is 45.1 Å². The fraction of sp³-hybridized carbons (Fsp3) is 0.571. The first kappa shape index (κ1) is 12.9. The molecule has 18 heavy (non-hydrogen) atoms. The van der Waals surface area contributed by atoms with E-state index in [1.807, 2.05) is 6.07 Å². The van der Waals surface area contributed by atoms with Gasteiger partial charge in [-0.25, -0.2) is 4.98 Å². The van der Waals surface area contributed by atoms with E-state index in [-0.39, 0.29) is 0 Å². The van der Waals surface area contributed by atoms with Gasteiger partial charge in [-0.15, -0.1) is 0 Å². The summed E-state index contributed by atoms with van der Waals surface area (Å²) >= 11 is 0. The standard InChI is InChI=1S/C14H21N3O/c1-10(11-5-3-2-4-6-11)17-13-8-7-12(9-16-13)14(15)18/h7-11H,2-6H2,1H3,(H2,15,18)(H,16,17). The van der Waals surface area contributed by atoms with Gasteiger partial charge >= 0.3 is 0 Å². The number of pyridine rings is 1. The van der Waals surface area contributed by atoms with Gasteiger partial charge < -0.3 is 11.1 Å². The Balaban J connectivity index is 1.93. The minimum absolute atomic E-state index is 0.428. The number of amides is 1. The molecule has 3 N–H and O–H groups in total. The molecule has 1 aliphatic rings. The Hall–Kier alpha value is -1.58. The number of nitrogens with zero attached hydrogens (tertiary/aromatic N) is 1. The van der Waals surface area contributed by atoms with Gasteiger partial charge in [0.25, 0.3) is 0 Å². The number of anilines is 1. The molecule has 1 aliphatic carbocycles. The van der Waals surface area contributed by atoms with Gasteiger partial charge in [0.2, 0.25) is 5.91 Å². The molecule has 0 bridgehead atoms. The predicted octanol–water partition coefficient (Wildman–Crippen LogP) is 2.56. The largest absolute Gasteiger partial charge is 0.367 e. The van der Waals surface area contributed by atoms with Crippen LogP contribution in [0.2, 0.25) is 0 Å². The van der Waals surface area contributed by atoms with E-state index in [0.717, 1.165) is 11.7 Å². The van der Waals surface area contributed by atoms with Crippen LogP contribution in [0.25, 0.3) is 0 Å². The van der Waals surface area contributed by atoms with Crippen LogP contribution in [0.5, 0.6) is 0 Å². The highest BCUT2D eigenvalue weighted by atomic mass is 16.1. The first-order valence-electron chi connectivity index (χ1n) is 6.69. The summed E-state index contributed by atoms with van der Waals surface area (Å²) in [5.41, 5.74) is 5.63. The van der Waals surface area contributed by atoms with Gasteiger partial charge in [0.15, 0.2) is 0 Å². The van der Waals surface area contributed by atoms with E-state index in [0.29, 0.717) is 11.6 Å². The van der Waals surface area contributed by atoms with E-state index in [4.69, 9.17) is 5.73 Å². The molecule has 1 amide bonds. The van der Waals surface area contributed by atoms with Crippen molar-refractivity contribution >= 4 is 11.7 Å². The van der Waals surface area contributed by atoms with Crippen LogP contribution >= 0.6 is 0 Å². The molecule has 2 rings (SSSR count). The lowest BCUT2D eigenvalue weighted by Gasteiger charge is -2.28. The summed E-state index contributed by atoms with van der Waals surface area (Å²) in [6.07, 6.45) is 8.17. The van der Waals surface area contributed by atoms with Crippen molar-refractivity contribution in [3.8, 4) is 0 Å². The topological polar surface area (TPSA) is 68.0 Å². The maximum absolute atomic E-state index is 10.9. The number of primary amides is 1. The van der Waals surface area contributed by atoms with E-state index in [1.165, 1.54) is 38.3 Å². The molecule has 4 heteroatoms. The van der Waals surface area contributed by atoms with Gasteiger partial charge in [-0.2, -0.15) is 0 Å². The van der Waals surface area contributed by atoms with Gasteiger partial charge in [-0.1, -0.05) is 19.3 Å². The number of carbonyl (C=O) groups excluding carboxylic acids is 1. The molecule has 1 aromatic heterocycles. The number of hydrogen-bond acceptors (Lipinski definition) is 3. The fourth-order valence-corrected chi connectivity index (χ4v) is 2.61. The Morgan fingerprint density at radius 3 is 2.67 bits per heavy atom. The zero-order chi connectivity index (χ0) is 13.0. The average molecular weight is 247 g/mol. The molecule has 1 atom stereocenters. The second kappa shape index (κ2) is 5.85. The first-order valence-corrected chi connectivity index (χ1v) is 6.69. The quantitative estimate of drug-likeness (QED) is 0.859. The van der Waals surface area contributed by atoms with Crippen molar-refractivity contribution in [3.05, 3.63) is 23.9 Å². The highest BCUT2D eigenvalue weighted by Gasteiger charge is 2.20. The Morgan fingerprint density at radius 2 is 2.11 bits per heavy atom. The summed E-state index contributed by atoms with van der Waals surface area (Å²) in [5, 5.41) is 3.41. The molecule has 0 aromatic carbocycles. The van der Waals surface area contributed by atoms with Crippen LogP contribution in [0, 0.1) is 5.92 Å². The van der Waals surface area contributed by atoms with Crippen LogP contribution in [0.15, 0.2) is 18.3 Å². The van der Waals surface area contributed by atoms with Crippen molar-refractivity contribution in [1.29, 1.82) is 0 Å². The molecule has 1 unspecified atom stereocenters. The second-order valence-corrected chi connectivity index (χ2v) is 5.13. The molecule has 4 nitrogen and oxygen atoms in total. The molecule has 0 saturated heterocycles. The Morgan fingerprint density at radius 1 is 1.39 bits per heavy atom. The summed E-state index contributed by atoms with van der Waals surface area (Å²) in [6.45, 7) is 2.21. The fourth-order valence-electron chi connectivity index (χ4n) is 2.61. The van der Waals surface area contributed by atoms with Crippen molar-refractivity contribution in [3.63, 3.8) is 0 Å². The Bertz CT molecular complexity index is 396. The van der Waals surface area contributed by atoms with Crippen LogP contribution in [-0.4, -0.2) is 16.9 Å². The summed E-state index contributed by atoms with van der Waals surface area (Å²) < 4.78 is 0. The average Bonchev–Trinajstić information content (AvgIpc) is 2.40. The summed E-state index contributed by atoms with van der Waals surface area (Å²) in [7, 11) is 0. The normalized spacial score (nSPS) is 18.3. The van der Waals surface area contributed by atoms with E-state index < -0.39 is 5.91 Å². The minimum atomic E-state index is -0.436. The monoisotopic (exact) mass is 247 g/mol. The number of hydrogen-bond donors (Lipinski definition) is 2. The third-order valence-corrected chi connectivity index (χ3v) is 3.78. The van der Waals surface area contributed by atoms with Gasteiger partial charge in [0.1, 0.15) is 5.82 Å². The highest BCUT2D eigenvalue weighted by Crippen LogP contribution is 2.27. The van der Waals surface area contributed by atoms with Crippen LogP contribution in [-0.2, 0) is 0 Å². The lowest BCUT2D eigenvalue weighted by atomic mass is 9.84. The van der Waals surface area contributed by atoms with Gasteiger partial charge in [0.05, 0.1) is 5.56 Å². The molecule has 1 saturated carbocycles. The first-order chi connectivity index (χ1) is 8.66. The number of aromatic nitrogens is 1. The maximum Gasteiger partial charge on any atom is 0.250 e. The van der Waals surface area contributed by atoms with Gasteiger partial charge in [-0.05, 0) is 37.8 Å². The molecule has 1 fully saturated rings. The molecule has 1 heterocycles. The SMILES string of the molecule is CC(Nc1ccc(C(N)=O)cn1)C1CCCCC1. The number of nitrogens with two attached hydrogens (primary N) is 1. The predicted molar refractivity (Wildman–Crippen MR) is 72.4 cm³/mol. The zero-order valence-electron chi connectivity index (χ0n) is 10.9. The van der Waals surface area contributed by atoms with Crippen molar-refractivity contribution in [1.82, 2.24) is 4.98 Å². The maximum atomic E-state index is 10.9. The van der Waals surface area contributed by atoms with E-state index in [1.54, 1.807) is 6.07 Å². The van der Waals surface area contributed by atoms with Crippen molar-refractivity contribution in [2.75, 3.05) is 5.32 Å². The molecule has 98 valence electrons. The zero-order valence-corrected chi connectivity index (χ0v) is 10.9. The lowest BCUT2D eigenvalue weighted by Crippen LogP contribution is -2.28. The minimum Gasteiger partial charge on any atom is -0.367 e. The Kier molecular flexibility index (Phi) is 4.18. The Labute approximate surface area is 108 Å². The number of carbonyl (C=O) groups is 1. The van der Waals surface area contributed by atoms with Gasteiger partial charge in [0, 0.05) is 12.2 Å². The summed E-state index contributed by atoms with van der Waals surface area (Å²) in [5.74, 6) is 1.11. The van der Waals surface area contributed by atoms with Crippen LogP contribution in [0.1, 0.15) is 49.4 Å². The molecule has 0 spiro atoms. The third kappa shape index (κ3) is 3.22. The van der Waals surface area contributed by atoms with E-state index in [9.17, 15) is 4.79 Å². The number of rotatable bonds is 4. The van der Waals surface area contributed by atoms with Crippen LogP contribution < -0.4 is 11.1 Å². The smallest absolute Gasteiger partial charge is 0.250 e. The van der Waals surface area contributed by atoms with Gasteiger partial charge in [-0.3, -0.25) is 4.79 Å². The van der Waals surface area contributed by atoms with Crippen LogP contribution in [0.3, 0.4) is 0 Å². The van der Waals surface area contributed by atoms with Crippen molar-refractivity contribution < 1.29 is 4.79 Å². The summed E-state index contributed by atoms with van der Waals surface area (Å²) in [6, 6.07) is 3.96. The third-order valence-electron chi connectivity index (χ3n) is 3.78. The van der Waals surface area contributed by atoms with E-state index in [2.05, 4.69) is 17.2 Å². The second-order valence-electron chi connectivity index (χ2n) is 5.13. The lowest BCUT2D eigenvalue weighted by molar-refractivity contribution is 0.1000. The molecular formula is C14H21N3O. The van der Waals surface area contributed by atoms with Crippen LogP contribution in [0.4, 0.5) is 5.82 Å². The van der Waals surface area contributed by atoms with E-state index >= 15 is 0 Å². The highest BCUT2D eigenvalue weighted by molar-refractivity contribution is 5.92. The van der Waals surface area contributed by atoms with Crippen molar-refractivity contribution in [2.24, 2.45) is 11.7 Å². The summed E-state index contributed by atoms with van der Waals surface area (Å²) in [4.78, 5) is 15.2. The molecular weight excluding hydrogens is 226 g/mol. The molecule has 1 aromatic rings.